The Hall–Kier alpha value is -1.42. The van der Waals surface area contributed by atoms with Gasteiger partial charge in [0.25, 0.3) is 0 Å². The molecule has 0 saturated carbocycles. The molecule has 2 N–H and O–H groups in total. The monoisotopic (exact) mass is 233 g/mol. The molecular weight excluding hydrogens is 214 g/mol. The number of fused-ring (bicyclic) bond motifs is 1. The van der Waals surface area contributed by atoms with E-state index in [2.05, 4.69) is 4.98 Å². The van der Waals surface area contributed by atoms with Crippen LogP contribution in [0.2, 0.25) is 0 Å². The Bertz CT molecular complexity index is 405. The zero-order valence-corrected chi connectivity index (χ0v) is 10.2. The quantitative estimate of drug-likeness (QED) is 0.845. The zero-order valence-electron chi connectivity index (χ0n) is 10.2. The minimum atomic E-state index is 0.206. The summed E-state index contributed by atoms with van der Waals surface area (Å²) in [7, 11) is 0. The molecule has 92 valence electrons. The Morgan fingerprint density at radius 1 is 1.65 bits per heavy atom. The molecule has 17 heavy (non-hydrogen) atoms. The van der Waals surface area contributed by atoms with Gasteiger partial charge in [0.2, 0.25) is 5.91 Å². The molecular formula is C13H19N3O. The van der Waals surface area contributed by atoms with Gasteiger partial charge in [0, 0.05) is 37.8 Å². The van der Waals surface area contributed by atoms with Crippen molar-refractivity contribution in [3.63, 3.8) is 0 Å². The number of aromatic nitrogens is 1. The van der Waals surface area contributed by atoms with Gasteiger partial charge in [-0.1, -0.05) is 13.0 Å². The van der Waals surface area contributed by atoms with Gasteiger partial charge in [0.15, 0.2) is 0 Å². The lowest BCUT2D eigenvalue weighted by molar-refractivity contribution is -0.133. The molecule has 0 saturated heterocycles. The first-order valence-electron chi connectivity index (χ1n) is 6.11. The molecule has 4 heteroatoms. The summed E-state index contributed by atoms with van der Waals surface area (Å²) in [6.07, 6.45) is 3.22. The largest absolute Gasteiger partial charge is 0.338 e. The van der Waals surface area contributed by atoms with Crippen LogP contribution in [0, 0.1) is 5.92 Å². The van der Waals surface area contributed by atoms with Crippen LogP contribution in [0.4, 0.5) is 0 Å². The normalized spacial score (nSPS) is 16.5. The second-order valence-electron chi connectivity index (χ2n) is 4.72. The van der Waals surface area contributed by atoms with Crippen molar-refractivity contribution in [2.24, 2.45) is 11.7 Å². The van der Waals surface area contributed by atoms with Crippen molar-refractivity contribution in [3.05, 3.63) is 29.6 Å². The van der Waals surface area contributed by atoms with Crippen molar-refractivity contribution in [3.8, 4) is 0 Å². The predicted octanol–water partition coefficient (Wildman–Crippen LogP) is 0.951. The van der Waals surface area contributed by atoms with Crippen molar-refractivity contribution >= 4 is 5.91 Å². The lowest BCUT2D eigenvalue weighted by Crippen LogP contribution is -2.37. The van der Waals surface area contributed by atoms with Crippen LogP contribution in [0.5, 0.6) is 0 Å². The number of nitrogens with zero attached hydrogens (tertiary/aromatic N) is 2. The topological polar surface area (TPSA) is 59.2 Å². The number of hydrogen-bond acceptors (Lipinski definition) is 3. The molecule has 1 aliphatic heterocycles. The highest BCUT2D eigenvalue weighted by Gasteiger charge is 2.21. The Kier molecular flexibility index (Phi) is 3.74. The summed E-state index contributed by atoms with van der Waals surface area (Å²) in [6.45, 7) is 4.05. The van der Waals surface area contributed by atoms with Crippen LogP contribution in [0.3, 0.4) is 0 Å². The predicted molar refractivity (Wildman–Crippen MR) is 66.2 cm³/mol. The number of nitrogens with two attached hydrogens (primary N) is 1. The SMILES string of the molecule is CC(CN)CC(=O)N1CCc2ncccc2C1. The van der Waals surface area contributed by atoms with Crippen LogP contribution in [0.15, 0.2) is 18.3 Å². The van der Waals surface area contributed by atoms with E-state index in [-0.39, 0.29) is 11.8 Å². The standard InChI is InChI=1S/C13H19N3O/c1-10(8-14)7-13(17)16-6-4-12-11(9-16)3-2-5-15-12/h2-3,5,10H,4,6-9,14H2,1H3. The summed E-state index contributed by atoms with van der Waals surface area (Å²) in [4.78, 5) is 18.3. The van der Waals surface area contributed by atoms with Gasteiger partial charge in [-0.15, -0.1) is 0 Å². The number of carbonyl (C=O) groups is 1. The first kappa shape index (κ1) is 12.0. The Labute approximate surface area is 102 Å². The third-order valence-electron chi connectivity index (χ3n) is 3.24. The van der Waals surface area contributed by atoms with Crippen molar-refractivity contribution in [1.82, 2.24) is 9.88 Å². The van der Waals surface area contributed by atoms with E-state index < -0.39 is 0 Å². The summed E-state index contributed by atoms with van der Waals surface area (Å²) >= 11 is 0. The Morgan fingerprint density at radius 3 is 3.24 bits per heavy atom. The third-order valence-corrected chi connectivity index (χ3v) is 3.24. The van der Waals surface area contributed by atoms with Crippen LogP contribution >= 0.6 is 0 Å². The van der Waals surface area contributed by atoms with Crippen LogP contribution in [0.25, 0.3) is 0 Å². The van der Waals surface area contributed by atoms with Gasteiger partial charge in [0.1, 0.15) is 0 Å². The summed E-state index contributed by atoms with van der Waals surface area (Å²) < 4.78 is 0. The number of amides is 1. The van der Waals surface area contributed by atoms with Crippen molar-refractivity contribution in [1.29, 1.82) is 0 Å². The van der Waals surface area contributed by atoms with E-state index in [0.29, 0.717) is 19.5 Å². The maximum absolute atomic E-state index is 12.0. The van der Waals surface area contributed by atoms with E-state index in [1.807, 2.05) is 30.2 Å². The van der Waals surface area contributed by atoms with Crippen molar-refractivity contribution in [2.45, 2.75) is 26.3 Å². The van der Waals surface area contributed by atoms with Gasteiger partial charge in [-0.3, -0.25) is 9.78 Å². The number of hydrogen-bond donors (Lipinski definition) is 1. The summed E-state index contributed by atoms with van der Waals surface area (Å²) in [5.41, 5.74) is 7.85. The van der Waals surface area contributed by atoms with Crippen molar-refractivity contribution in [2.75, 3.05) is 13.1 Å². The van der Waals surface area contributed by atoms with E-state index in [1.165, 1.54) is 5.56 Å². The fourth-order valence-electron chi connectivity index (χ4n) is 2.09. The highest BCUT2D eigenvalue weighted by Crippen LogP contribution is 2.17. The van der Waals surface area contributed by atoms with E-state index in [9.17, 15) is 4.79 Å². The molecule has 1 aliphatic rings. The average molecular weight is 233 g/mol. The lowest BCUT2D eigenvalue weighted by Gasteiger charge is -2.29. The van der Waals surface area contributed by atoms with Crippen LogP contribution in [-0.4, -0.2) is 28.9 Å². The minimum absolute atomic E-state index is 0.206. The van der Waals surface area contributed by atoms with Gasteiger partial charge in [-0.05, 0) is 24.1 Å². The molecule has 1 atom stereocenters. The summed E-state index contributed by atoms with van der Waals surface area (Å²) in [5, 5.41) is 0. The molecule has 2 heterocycles. The molecule has 1 aromatic heterocycles. The summed E-state index contributed by atoms with van der Waals surface area (Å²) in [6, 6.07) is 3.98. The molecule has 0 aromatic carbocycles. The first-order chi connectivity index (χ1) is 8.20. The fraction of sp³-hybridized carbons (Fsp3) is 0.538. The van der Waals surface area contributed by atoms with E-state index in [4.69, 9.17) is 5.73 Å². The molecule has 0 spiro atoms. The molecule has 0 bridgehead atoms. The Balaban J connectivity index is 2.00. The molecule has 1 aromatic rings. The zero-order chi connectivity index (χ0) is 12.3. The van der Waals surface area contributed by atoms with Crippen molar-refractivity contribution < 1.29 is 4.79 Å². The number of pyridine rings is 1. The van der Waals surface area contributed by atoms with E-state index in [1.54, 1.807) is 0 Å². The molecule has 0 fully saturated rings. The second-order valence-corrected chi connectivity index (χ2v) is 4.72. The molecule has 1 unspecified atom stereocenters. The van der Waals surface area contributed by atoms with E-state index in [0.717, 1.165) is 18.7 Å². The highest BCUT2D eigenvalue weighted by atomic mass is 16.2. The number of rotatable bonds is 3. The Morgan fingerprint density at radius 2 is 2.47 bits per heavy atom. The van der Waals surface area contributed by atoms with E-state index >= 15 is 0 Å². The summed E-state index contributed by atoms with van der Waals surface area (Å²) in [5.74, 6) is 0.468. The third kappa shape index (κ3) is 2.82. The maximum Gasteiger partial charge on any atom is 0.223 e. The highest BCUT2D eigenvalue weighted by molar-refractivity contribution is 5.76. The average Bonchev–Trinajstić information content (AvgIpc) is 2.38. The van der Waals surface area contributed by atoms with Crippen LogP contribution < -0.4 is 5.73 Å². The molecule has 4 nitrogen and oxygen atoms in total. The molecule has 0 radical (unpaired) electrons. The van der Waals surface area contributed by atoms with Crippen LogP contribution in [0.1, 0.15) is 24.6 Å². The molecule has 1 amide bonds. The molecule has 0 aliphatic carbocycles. The van der Waals surface area contributed by atoms with Gasteiger partial charge >= 0.3 is 0 Å². The fourth-order valence-corrected chi connectivity index (χ4v) is 2.09. The maximum atomic E-state index is 12.0. The van der Waals surface area contributed by atoms with Gasteiger partial charge < -0.3 is 10.6 Å². The lowest BCUT2D eigenvalue weighted by atomic mass is 10.0. The van der Waals surface area contributed by atoms with Gasteiger partial charge in [0.05, 0.1) is 0 Å². The number of carbonyl (C=O) groups excluding carboxylic acids is 1. The first-order valence-corrected chi connectivity index (χ1v) is 6.11. The minimum Gasteiger partial charge on any atom is -0.338 e. The smallest absolute Gasteiger partial charge is 0.223 e. The second kappa shape index (κ2) is 5.27. The molecule has 2 rings (SSSR count). The van der Waals surface area contributed by atoms with Gasteiger partial charge in [-0.2, -0.15) is 0 Å². The van der Waals surface area contributed by atoms with Crippen LogP contribution in [-0.2, 0) is 17.8 Å². The van der Waals surface area contributed by atoms with Gasteiger partial charge in [-0.25, -0.2) is 0 Å².